The second kappa shape index (κ2) is 6.50. The molecule has 1 aliphatic heterocycles. The molecule has 0 bridgehead atoms. The molecular weight excluding hydrogens is 350 g/mol. The number of carbonyl (C=O) groups is 2. The number of carbonyl (C=O) groups excluding carboxylic acids is 2. The molecule has 3 heterocycles. The minimum absolute atomic E-state index is 0.0363. The van der Waals surface area contributed by atoms with E-state index in [4.69, 9.17) is 0 Å². The van der Waals surface area contributed by atoms with Gasteiger partial charge < -0.3 is 10.2 Å². The van der Waals surface area contributed by atoms with Gasteiger partial charge in [-0.25, -0.2) is 4.98 Å². The molecule has 2 amide bonds. The molecule has 2 atom stereocenters. The van der Waals surface area contributed by atoms with Crippen molar-refractivity contribution in [2.75, 3.05) is 13.1 Å². The molecule has 2 aliphatic rings. The second-order valence-corrected chi connectivity index (χ2v) is 8.63. The summed E-state index contributed by atoms with van der Waals surface area (Å²) in [5.74, 6) is 0.240. The zero-order valence-corrected chi connectivity index (χ0v) is 16.0. The monoisotopic (exact) mass is 373 g/mol. The lowest BCUT2D eigenvalue weighted by molar-refractivity contribution is -0.123. The summed E-state index contributed by atoms with van der Waals surface area (Å²) < 4.78 is 1.83. The van der Waals surface area contributed by atoms with Crippen molar-refractivity contribution in [3.05, 3.63) is 33.5 Å². The Bertz CT molecular complexity index is 854. The highest BCUT2D eigenvalue weighted by Gasteiger charge is 2.41. The first-order chi connectivity index (χ1) is 12.4. The number of nitrogens with one attached hydrogen (secondary N) is 1. The van der Waals surface area contributed by atoms with Gasteiger partial charge in [0.2, 0.25) is 5.91 Å². The number of thiazole rings is 1. The summed E-state index contributed by atoms with van der Waals surface area (Å²) in [5, 5.41) is 8.32. The van der Waals surface area contributed by atoms with Gasteiger partial charge in [-0.15, -0.1) is 11.3 Å². The van der Waals surface area contributed by atoms with Crippen molar-refractivity contribution in [2.24, 2.45) is 13.0 Å². The van der Waals surface area contributed by atoms with Crippen molar-refractivity contribution < 1.29 is 9.59 Å². The predicted molar refractivity (Wildman–Crippen MR) is 98.1 cm³/mol. The second-order valence-electron chi connectivity index (χ2n) is 7.22. The summed E-state index contributed by atoms with van der Waals surface area (Å²) in [7, 11) is 1.90. The van der Waals surface area contributed by atoms with Crippen LogP contribution in [0, 0.1) is 19.8 Å². The molecule has 7 nitrogen and oxygen atoms in total. The van der Waals surface area contributed by atoms with Gasteiger partial charge in [0, 0.05) is 48.7 Å². The fourth-order valence-electron chi connectivity index (χ4n) is 3.69. The highest BCUT2D eigenvalue weighted by atomic mass is 32.1. The van der Waals surface area contributed by atoms with Gasteiger partial charge in [-0.1, -0.05) is 0 Å². The van der Waals surface area contributed by atoms with Crippen LogP contribution in [-0.4, -0.2) is 50.6 Å². The third-order valence-electron chi connectivity index (χ3n) is 5.23. The molecule has 138 valence electrons. The van der Waals surface area contributed by atoms with Crippen LogP contribution in [0.15, 0.2) is 12.3 Å². The van der Waals surface area contributed by atoms with Crippen molar-refractivity contribution in [2.45, 2.75) is 38.6 Å². The molecule has 1 saturated heterocycles. The molecule has 4 rings (SSSR count). The van der Waals surface area contributed by atoms with Crippen LogP contribution in [0.1, 0.15) is 44.8 Å². The van der Waals surface area contributed by atoms with E-state index in [0.29, 0.717) is 18.8 Å². The Morgan fingerprint density at radius 2 is 2.04 bits per heavy atom. The van der Waals surface area contributed by atoms with Gasteiger partial charge in [0.25, 0.3) is 5.91 Å². The van der Waals surface area contributed by atoms with Crippen LogP contribution in [0.25, 0.3) is 0 Å². The summed E-state index contributed by atoms with van der Waals surface area (Å²) in [6, 6.07) is 1.87. The molecule has 1 aliphatic carbocycles. The molecule has 2 fully saturated rings. The Labute approximate surface area is 156 Å². The number of hydrogen-bond acceptors (Lipinski definition) is 5. The van der Waals surface area contributed by atoms with Crippen LogP contribution in [0.3, 0.4) is 0 Å². The van der Waals surface area contributed by atoms with Gasteiger partial charge in [0.15, 0.2) is 0 Å². The van der Waals surface area contributed by atoms with E-state index in [2.05, 4.69) is 15.4 Å². The number of aryl methyl sites for hydroxylation is 3. The zero-order valence-electron chi connectivity index (χ0n) is 15.2. The molecule has 26 heavy (non-hydrogen) atoms. The summed E-state index contributed by atoms with van der Waals surface area (Å²) in [6.45, 7) is 4.90. The van der Waals surface area contributed by atoms with Crippen molar-refractivity contribution in [3.8, 4) is 0 Å². The Morgan fingerprint density at radius 1 is 1.27 bits per heavy atom. The highest BCUT2D eigenvalue weighted by molar-refractivity contribution is 7.11. The van der Waals surface area contributed by atoms with E-state index in [-0.39, 0.29) is 29.7 Å². The van der Waals surface area contributed by atoms with Crippen molar-refractivity contribution in [1.82, 2.24) is 25.0 Å². The first-order valence-electron chi connectivity index (χ1n) is 8.95. The van der Waals surface area contributed by atoms with Gasteiger partial charge in [0.1, 0.15) is 5.69 Å². The van der Waals surface area contributed by atoms with Crippen LogP contribution in [-0.2, 0) is 11.8 Å². The van der Waals surface area contributed by atoms with E-state index in [1.807, 2.05) is 36.5 Å². The Balaban J connectivity index is 1.58. The molecule has 0 spiro atoms. The summed E-state index contributed by atoms with van der Waals surface area (Å²) in [4.78, 5) is 32.5. The van der Waals surface area contributed by atoms with E-state index in [0.717, 1.165) is 28.4 Å². The lowest BCUT2D eigenvalue weighted by Crippen LogP contribution is -2.41. The Hall–Kier alpha value is -2.22. The van der Waals surface area contributed by atoms with E-state index >= 15 is 0 Å². The minimum atomic E-state index is -0.0949. The highest BCUT2D eigenvalue weighted by Crippen LogP contribution is 2.32. The maximum Gasteiger partial charge on any atom is 0.273 e. The predicted octanol–water partition coefficient (Wildman–Crippen LogP) is 1.63. The van der Waals surface area contributed by atoms with Crippen LogP contribution >= 0.6 is 11.3 Å². The van der Waals surface area contributed by atoms with Crippen LogP contribution in [0.4, 0.5) is 0 Å². The fourth-order valence-corrected chi connectivity index (χ4v) is 4.50. The first kappa shape index (κ1) is 17.2. The summed E-state index contributed by atoms with van der Waals surface area (Å²) in [6.07, 6.45) is 3.69. The first-order valence-corrected chi connectivity index (χ1v) is 9.77. The van der Waals surface area contributed by atoms with Crippen LogP contribution in [0.5, 0.6) is 0 Å². The van der Waals surface area contributed by atoms with Crippen LogP contribution < -0.4 is 5.32 Å². The minimum Gasteiger partial charge on any atom is -0.351 e. The molecule has 8 heteroatoms. The Kier molecular flexibility index (Phi) is 4.30. The van der Waals surface area contributed by atoms with E-state index in [1.165, 1.54) is 11.3 Å². The van der Waals surface area contributed by atoms with Gasteiger partial charge in [-0.05, 0) is 32.8 Å². The molecule has 1 N–H and O–H groups in total. The number of rotatable bonds is 4. The Morgan fingerprint density at radius 3 is 2.62 bits per heavy atom. The molecule has 0 unspecified atom stereocenters. The summed E-state index contributed by atoms with van der Waals surface area (Å²) >= 11 is 1.54. The number of hydrogen-bond donors (Lipinski definition) is 1. The van der Waals surface area contributed by atoms with Gasteiger partial charge in [-0.3, -0.25) is 14.3 Å². The maximum absolute atomic E-state index is 13.0. The maximum atomic E-state index is 13.0. The van der Waals surface area contributed by atoms with Gasteiger partial charge in [-0.2, -0.15) is 5.10 Å². The van der Waals surface area contributed by atoms with E-state index in [9.17, 15) is 9.59 Å². The van der Waals surface area contributed by atoms with E-state index in [1.54, 1.807) is 6.20 Å². The van der Waals surface area contributed by atoms with Crippen molar-refractivity contribution >= 4 is 23.2 Å². The topological polar surface area (TPSA) is 80.1 Å². The lowest BCUT2D eigenvalue weighted by Gasteiger charge is -2.19. The number of amides is 2. The normalized spacial score (nSPS) is 22.7. The molecule has 2 aromatic heterocycles. The van der Waals surface area contributed by atoms with E-state index < -0.39 is 0 Å². The van der Waals surface area contributed by atoms with Gasteiger partial charge >= 0.3 is 0 Å². The van der Waals surface area contributed by atoms with Crippen molar-refractivity contribution in [3.63, 3.8) is 0 Å². The molecular formula is C18H23N5O2S. The average molecular weight is 373 g/mol. The van der Waals surface area contributed by atoms with Crippen molar-refractivity contribution in [1.29, 1.82) is 0 Å². The smallest absolute Gasteiger partial charge is 0.273 e. The average Bonchev–Trinajstić information content (AvgIpc) is 3.11. The lowest BCUT2D eigenvalue weighted by atomic mass is 9.99. The number of nitrogens with zero attached hydrogens (tertiary/aromatic N) is 4. The molecule has 2 aromatic rings. The van der Waals surface area contributed by atoms with Crippen LogP contribution in [0.2, 0.25) is 0 Å². The molecule has 0 aromatic carbocycles. The quantitative estimate of drug-likeness (QED) is 0.883. The zero-order chi connectivity index (χ0) is 18.4. The molecule has 0 radical (unpaired) electrons. The number of likely N-dealkylation sites (tertiary alicyclic amines) is 1. The fraction of sp³-hybridized carbons (Fsp3) is 0.556. The third kappa shape index (κ3) is 3.13. The van der Waals surface area contributed by atoms with Gasteiger partial charge in [0.05, 0.1) is 11.0 Å². The SMILES string of the molecule is Cc1nc(C(=O)N2C[C@@H](NC(=O)C3CC3)[C@H](c3ccnn3C)C2)c(C)s1. The largest absolute Gasteiger partial charge is 0.351 e. The molecule has 1 saturated carbocycles. The third-order valence-corrected chi connectivity index (χ3v) is 6.11. The summed E-state index contributed by atoms with van der Waals surface area (Å²) in [5.41, 5.74) is 1.57. The standard InChI is InChI=1S/C18H23N5O2S/c1-10-16(20-11(2)26-10)18(25)23-8-13(15-6-7-19-22(15)3)14(9-23)21-17(24)12-4-5-12/h6-7,12-14H,4-5,8-9H2,1-3H3,(H,21,24)/t13-,14-/m1/s1. The number of aromatic nitrogens is 3.